The molecule has 0 amide bonds. The number of fused-ring (bicyclic) bond motifs is 3. The molecule has 12 unspecified atom stereocenters. The number of esters is 9. The molecule has 150 heavy (non-hydrogen) atoms. The summed E-state index contributed by atoms with van der Waals surface area (Å²) in [5.74, 6) is -5.16. The van der Waals surface area contributed by atoms with Crippen molar-refractivity contribution in [2.45, 2.75) is 115 Å². The van der Waals surface area contributed by atoms with E-state index in [2.05, 4.69) is 185 Å². The van der Waals surface area contributed by atoms with E-state index in [4.69, 9.17) is 42.6 Å². The fourth-order valence-electron chi connectivity index (χ4n) is 22.9. The molecule has 0 N–H and O–H groups in total. The van der Waals surface area contributed by atoms with Crippen molar-refractivity contribution in [3.05, 3.63) is 472 Å². The summed E-state index contributed by atoms with van der Waals surface area (Å²) in [6, 6.07) is 105. The Morgan fingerprint density at radius 3 is 1.10 bits per heavy atom. The Morgan fingerprint density at radius 1 is 0.333 bits per heavy atom. The van der Waals surface area contributed by atoms with Crippen LogP contribution in [0.2, 0.25) is 0 Å². The summed E-state index contributed by atoms with van der Waals surface area (Å²) in [5, 5.41) is 18.3. The van der Waals surface area contributed by atoms with Crippen molar-refractivity contribution in [2.75, 3.05) is 13.0 Å². The van der Waals surface area contributed by atoms with E-state index in [1.165, 1.54) is 84.2 Å². The van der Waals surface area contributed by atoms with Crippen molar-refractivity contribution in [3.8, 4) is 0 Å². The van der Waals surface area contributed by atoms with Crippen molar-refractivity contribution in [1.82, 2.24) is 0 Å². The van der Waals surface area contributed by atoms with Crippen molar-refractivity contribution < 1.29 is 85.8 Å². The highest BCUT2D eigenvalue weighted by molar-refractivity contribution is 6.15. The van der Waals surface area contributed by atoms with Gasteiger partial charge in [-0.3, -0.25) is 9.59 Å². The van der Waals surface area contributed by atoms with Gasteiger partial charge in [0, 0.05) is 107 Å². The first-order chi connectivity index (χ1) is 72.9. The molecule has 3 fully saturated rings. The van der Waals surface area contributed by atoms with Crippen molar-refractivity contribution in [2.24, 2.45) is 23.7 Å². The average Bonchev–Trinajstić information content (AvgIpc) is 1.54. The highest BCUT2D eigenvalue weighted by atomic mass is 35.5. The monoisotopic (exact) mass is 2000 g/mol. The number of benzene rings is 17. The molecule has 12 atom stereocenters. The van der Waals surface area contributed by atoms with Gasteiger partial charge in [0.05, 0.1) is 28.5 Å². The van der Waals surface area contributed by atoms with Crippen LogP contribution in [0, 0.1) is 23.7 Å². The predicted molar refractivity (Wildman–Crippen MR) is 587 cm³/mol. The lowest BCUT2D eigenvalue weighted by atomic mass is 9.78. The molecule has 1 heterocycles. The van der Waals surface area contributed by atoms with Crippen LogP contribution < -0.4 is 0 Å². The lowest BCUT2D eigenvalue weighted by Crippen LogP contribution is -2.44. The number of carbonyl (C=O) groups is 9. The van der Waals surface area contributed by atoms with E-state index in [1.807, 2.05) is 182 Å². The smallest absolute Gasteiger partial charge is 0.344 e. The molecule has 18 nitrogen and oxygen atoms in total. The standard InChI is InChI=1S/C25H22O6.2C25H18O2.C21H16O2.C18H16O4.C16H14O2.CH3Cl/c1-11(2)23(26)30-21-15-10-16-20(25(28)31-22(16)21)19(15)24(27)29-17-9-13-7-3-5-12-6-4-8-14(17)18(12)13;1-2-16-9-10-19-14-21(12-11-18(19)13-16)25(26)27-23-15-20-7-3-5-17-6-4-8-22(23)24(17)20;1-2-16-13-14-21(20-11-4-3-10-19(16)20)25(26)27-23-15-18-9-5-7-17-8-6-12-22(23)24(17)18;1-2-14-9-11-16(12-10-14)21(22)23-19-13-17-7-3-5-15-6-4-8-18(19)20(15)17;1-11(2)18(20)21-10-16(19)22-15-9-13-7-3-5-12-6-4-8-14(15)17(12)13;1-10(2)16(17)18-14-9-12-7-3-5-11-6-4-8-13(14)15(11)12;1-2/h3-8,15-17,19-22H,1,9-10H2,2H3;2*2-14,23H,1,15H2;2-12,19H,1,13H2;3-8,15H,1,9-10H2,2H3;3-8,14H,1,9H2,2H3;1H3. The van der Waals surface area contributed by atoms with E-state index in [-0.39, 0.29) is 89.5 Å². The second-order valence-corrected chi connectivity index (χ2v) is 39.0. The number of hydrogen-bond acceptors (Lipinski definition) is 18. The summed E-state index contributed by atoms with van der Waals surface area (Å²) in [6.07, 6.45) is 9.07. The highest BCUT2D eigenvalue weighted by Crippen LogP contribution is 2.60. The zero-order valence-electron chi connectivity index (χ0n) is 83.3. The minimum absolute atomic E-state index is 0.109. The zero-order chi connectivity index (χ0) is 104. The van der Waals surface area contributed by atoms with Crippen LogP contribution in [0.1, 0.15) is 178 Å². The molecule has 2 saturated carbocycles. The summed E-state index contributed by atoms with van der Waals surface area (Å²) in [6.45, 7) is 26.5. The van der Waals surface area contributed by atoms with Gasteiger partial charge in [-0.2, -0.15) is 0 Å². The van der Waals surface area contributed by atoms with Gasteiger partial charge in [0.2, 0.25) is 0 Å². The Kier molecular flexibility index (Phi) is 28.7. The first kappa shape index (κ1) is 100. The van der Waals surface area contributed by atoms with E-state index in [0.717, 1.165) is 124 Å². The van der Waals surface area contributed by atoms with Crippen LogP contribution >= 0.6 is 11.6 Å². The minimum Gasteiger partial charge on any atom is -0.458 e. The number of alkyl halides is 1. The van der Waals surface area contributed by atoms with Crippen LogP contribution in [0.3, 0.4) is 0 Å². The maximum Gasteiger partial charge on any atom is 0.344 e. The third-order valence-electron chi connectivity index (χ3n) is 29.7. The van der Waals surface area contributed by atoms with Gasteiger partial charge in [0.15, 0.2) is 6.61 Å². The average molecular weight is 2000 g/mol. The highest BCUT2D eigenvalue weighted by Gasteiger charge is 2.70. The maximum atomic E-state index is 13.4. The normalized spacial score (nSPS) is 19.2. The molecule has 746 valence electrons. The second-order valence-electron chi connectivity index (χ2n) is 39.0. The molecule has 0 aromatic heterocycles. The molecule has 0 radical (unpaired) electrons. The molecule has 17 aromatic rings. The first-order valence-electron chi connectivity index (χ1n) is 50.1. The minimum atomic E-state index is -0.651. The van der Waals surface area contributed by atoms with Crippen LogP contribution in [0.15, 0.2) is 372 Å². The Hall–Kier alpha value is -17.2. The van der Waals surface area contributed by atoms with Gasteiger partial charge >= 0.3 is 53.7 Å². The Morgan fingerprint density at radius 2 is 0.687 bits per heavy atom. The van der Waals surface area contributed by atoms with Crippen LogP contribution in [-0.2, 0) is 110 Å². The van der Waals surface area contributed by atoms with E-state index in [9.17, 15) is 43.2 Å². The number of carbonyl (C=O) groups excluding carboxylic acids is 9. The van der Waals surface area contributed by atoms with Crippen molar-refractivity contribution >= 4 is 170 Å². The van der Waals surface area contributed by atoms with E-state index in [1.54, 1.807) is 32.1 Å². The fraction of sp³-hybridized carbons (Fsp3) is 0.183. The quantitative estimate of drug-likeness (QED) is 0.0316. The van der Waals surface area contributed by atoms with E-state index in [0.29, 0.717) is 41.5 Å². The van der Waals surface area contributed by atoms with Crippen LogP contribution in [0.25, 0.3) is 104 Å². The third kappa shape index (κ3) is 19.8. The number of hydrogen-bond donors (Lipinski definition) is 0. The number of ether oxygens (including phenoxy) is 9. The first-order valence-corrected chi connectivity index (χ1v) is 50.9. The molecule has 9 aliphatic rings. The van der Waals surface area contributed by atoms with E-state index < -0.39 is 54.5 Å². The molecular formula is C131H107ClO18. The lowest BCUT2D eigenvalue weighted by Gasteiger charge is -2.31. The number of halogens is 1. The molecular weight excluding hydrogens is 1900 g/mol. The lowest BCUT2D eigenvalue weighted by molar-refractivity contribution is -0.166. The third-order valence-corrected chi connectivity index (χ3v) is 29.7. The SMILES string of the molecule is C=C(C)C(=O)OC1C2CC3C1OC(=O)C3C2C(=O)OC1Cc2cccc3cccc1c23.C=C(C)C(=O)OC1Cc2cccc3cccc1c23.C=C(C)C(=O)OCC(=O)OC1Cc2cccc3cccc1c23.C=Cc1ccc(C(=O)OC2Cc3cccc4cccc2c34)c2ccccc12.C=Cc1ccc(C(=O)OC2Cc3cccc4cccc2c34)cc1.C=Cc1ccc2cc(C(=O)OC3Cc4cccc5cccc3c45)ccc2c1.CCl. The van der Waals surface area contributed by atoms with Gasteiger partial charge in [0.1, 0.15) is 48.8 Å². The van der Waals surface area contributed by atoms with Crippen molar-refractivity contribution in [1.29, 1.82) is 0 Å². The Balaban J connectivity index is 0.000000109. The second kappa shape index (κ2) is 43.1. The van der Waals surface area contributed by atoms with Gasteiger partial charge in [-0.05, 0) is 200 Å². The molecule has 26 rings (SSSR count). The zero-order valence-corrected chi connectivity index (χ0v) is 84.1. The molecule has 0 spiro atoms. The molecule has 1 aliphatic heterocycles. The fourth-order valence-corrected chi connectivity index (χ4v) is 22.9. The topological polar surface area (TPSA) is 237 Å². The van der Waals surface area contributed by atoms with Gasteiger partial charge in [-0.1, -0.05) is 337 Å². The maximum absolute atomic E-state index is 13.4. The molecule has 2 bridgehead atoms. The van der Waals surface area contributed by atoms with Crippen LogP contribution in [-0.4, -0.2) is 78.9 Å². The van der Waals surface area contributed by atoms with Gasteiger partial charge in [-0.25, -0.2) is 33.6 Å². The van der Waals surface area contributed by atoms with Gasteiger partial charge in [-0.15, -0.1) is 11.6 Å². The largest absolute Gasteiger partial charge is 0.458 e. The molecule has 1 saturated heterocycles. The van der Waals surface area contributed by atoms with Crippen molar-refractivity contribution in [3.63, 3.8) is 0 Å². The summed E-state index contributed by atoms with van der Waals surface area (Å²) in [5.41, 5.74) is 19.5. The van der Waals surface area contributed by atoms with Gasteiger partial charge < -0.3 is 42.6 Å². The Labute approximate surface area is 872 Å². The predicted octanol–water partition coefficient (Wildman–Crippen LogP) is 27.9. The van der Waals surface area contributed by atoms with Gasteiger partial charge in [0.25, 0.3) is 0 Å². The molecule has 17 aromatic carbocycles. The van der Waals surface area contributed by atoms with Crippen LogP contribution in [0.4, 0.5) is 0 Å². The number of rotatable bonds is 19. The molecule has 19 heteroatoms. The van der Waals surface area contributed by atoms with E-state index >= 15 is 0 Å². The van der Waals surface area contributed by atoms with Crippen LogP contribution in [0.5, 0.6) is 0 Å². The summed E-state index contributed by atoms with van der Waals surface area (Å²) >= 11 is 4.64. The summed E-state index contributed by atoms with van der Waals surface area (Å²) in [4.78, 5) is 111. The summed E-state index contributed by atoms with van der Waals surface area (Å²) < 4.78 is 50.6. The Bertz CT molecular complexity index is 8420. The molecule has 8 aliphatic carbocycles. The summed E-state index contributed by atoms with van der Waals surface area (Å²) in [7, 11) is 0.